The lowest BCUT2D eigenvalue weighted by Gasteiger charge is -2.08. The van der Waals surface area contributed by atoms with Crippen LogP contribution in [0.4, 0.5) is 0 Å². The molecule has 0 aliphatic heterocycles. The van der Waals surface area contributed by atoms with Gasteiger partial charge in [0.05, 0.1) is 22.6 Å². The molecular formula is C17H18N4OS. The van der Waals surface area contributed by atoms with Crippen molar-refractivity contribution in [3.05, 3.63) is 52.6 Å². The van der Waals surface area contributed by atoms with Crippen LogP contribution in [-0.4, -0.2) is 19.7 Å². The Morgan fingerprint density at radius 1 is 1.22 bits per heavy atom. The highest BCUT2D eigenvalue weighted by atomic mass is 32.2. The molecule has 2 aromatic heterocycles. The maximum atomic E-state index is 12.1. The Bertz CT molecular complexity index is 879. The number of hydrogen-bond acceptors (Lipinski definition) is 4. The lowest BCUT2D eigenvalue weighted by Crippen LogP contribution is -2.09. The maximum Gasteiger partial charge on any atom is 0.259 e. The summed E-state index contributed by atoms with van der Waals surface area (Å²) < 4.78 is 2.10. The van der Waals surface area contributed by atoms with E-state index in [1.165, 1.54) is 37.4 Å². The highest BCUT2D eigenvalue weighted by Crippen LogP contribution is 2.29. The first-order chi connectivity index (χ1) is 11.3. The molecule has 0 atom stereocenters. The smallest absolute Gasteiger partial charge is 0.259 e. The molecule has 0 bridgehead atoms. The molecule has 5 nitrogen and oxygen atoms in total. The maximum absolute atomic E-state index is 12.1. The Balaban J connectivity index is 1.49. The highest BCUT2D eigenvalue weighted by molar-refractivity contribution is 7.98. The molecule has 1 aromatic carbocycles. The van der Waals surface area contributed by atoms with Gasteiger partial charge in [-0.1, -0.05) is 36.7 Å². The van der Waals surface area contributed by atoms with E-state index >= 15 is 0 Å². The molecular weight excluding hydrogens is 308 g/mol. The van der Waals surface area contributed by atoms with Crippen molar-refractivity contribution in [1.82, 2.24) is 19.7 Å². The van der Waals surface area contributed by atoms with Crippen molar-refractivity contribution in [2.45, 2.75) is 42.6 Å². The van der Waals surface area contributed by atoms with Crippen LogP contribution in [0.25, 0.3) is 10.9 Å². The summed E-state index contributed by atoms with van der Waals surface area (Å²) in [4.78, 5) is 19.4. The quantitative estimate of drug-likeness (QED) is 0.588. The van der Waals surface area contributed by atoms with Gasteiger partial charge in [0, 0.05) is 11.9 Å². The van der Waals surface area contributed by atoms with Gasteiger partial charge in [0.15, 0.2) is 5.16 Å². The normalized spacial score (nSPS) is 15.5. The largest absolute Gasteiger partial charge is 0.301 e. The van der Waals surface area contributed by atoms with Crippen LogP contribution in [0.3, 0.4) is 0 Å². The molecule has 0 radical (unpaired) electrons. The average molecular weight is 326 g/mol. The first-order valence-corrected chi connectivity index (χ1v) is 8.94. The molecule has 1 fully saturated rings. The Morgan fingerprint density at radius 2 is 2.04 bits per heavy atom. The molecule has 1 N–H and O–H groups in total. The van der Waals surface area contributed by atoms with Crippen molar-refractivity contribution < 1.29 is 0 Å². The summed E-state index contributed by atoms with van der Waals surface area (Å²) >= 11 is 1.52. The molecule has 1 aliphatic carbocycles. The fourth-order valence-corrected chi connectivity index (χ4v) is 3.87. The predicted octanol–water partition coefficient (Wildman–Crippen LogP) is 3.53. The number of H-pyrrole nitrogens is 1. The third kappa shape index (κ3) is 3.03. The molecule has 1 aliphatic rings. The summed E-state index contributed by atoms with van der Waals surface area (Å²) in [5.41, 5.74) is 1.67. The van der Waals surface area contributed by atoms with Gasteiger partial charge in [-0.25, -0.2) is 4.98 Å². The van der Waals surface area contributed by atoms with E-state index in [1.54, 1.807) is 6.07 Å². The van der Waals surface area contributed by atoms with E-state index in [0.717, 1.165) is 11.2 Å². The second-order valence-corrected chi connectivity index (χ2v) is 6.87. The number of thioether (sulfide) groups is 1. The van der Waals surface area contributed by atoms with Crippen LogP contribution in [0.1, 0.15) is 37.4 Å². The molecule has 23 heavy (non-hydrogen) atoms. The van der Waals surface area contributed by atoms with Gasteiger partial charge < -0.3 is 4.98 Å². The summed E-state index contributed by atoms with van der Waals surface area (Å²) in [6.45, 7) is 0. The van der Waals surface area contributed by atoms with E-state index in [0.29, 0.717) is 22.3 Å². The zero-order chi connectivity index (χ0) is 15.6. The second-order valence-electron chi connectivity index (χ2n) is 5.90. The Labute approximate surface area is 138 Å². The topological polar surface area (TPSA) is 63.6 Å². The molecule has 0 unspecified atom stereocenters. The summed E-state index contributed by atoms with van der Waals surface area (Å²) in [5.74, 6) is 0.709. The Kier molecular flexibility index (Phi) is 3.91. The number of aromatic nitrogens is 4. The fourth-order valence-electron chi connectivity index (χ4n) is 3.10. The van der Waals surface area contributed by atoms with E-state index in [9.17, 15) is 4.79 Å². The third-order valence-electron chi connectivity index (χ3n) is 4.31. The van der Waals surface area contributed by atoms with Gasteiger partial charge in [-0.05, 0) is 31.0 Å². The van der Waals surface area contributed by atoms with E-state index < -0.39 is 0 Å². The van der Waals surface area contributed by atoms with E-state index in [2.05, 4.69) is 32.0 Å². The van der Waals surface area contributed by atoms with Crippen molar-refractivity contribution in [2.24, 2.45) is 0 Å². The SMILES string of the molecule is O=c1[nH]c(SCc2ccn(C3CCCC3)n2)nc2ccccc12. The summed E-state index contributed by atoms with van der Waals surface area (Å²) in [5, 5.41) is 5.94. The van der Waals surface area contributed by atoms with Crippen LogP contribution in [0.2, 0.25) is 0 Å². The number of hydrogen-bond donors (Lipinski definition) is 1. The van der Waals surface area contributed by atoms with Gasteiger partial charge in [0.1, 0.15) is 0 Å². The van der Waals surface area contributed by atoms with Crippen LogP contribution in [-0.2, 0) is 5.75 Å². The second kappa shape index (κ2) is 6.20. The first-order valence-electron chi connectivity index (χ1n) is 7.95. The lowest BCUT2D eigenvalue weighted by atomic mass is 10.2. The first kappa shape index (κ1) is 14.5. The van der Waals surface area contributed by atoms with Gasteiger partial charge in [-0.15, -0.1) is 0 Å². The van der Waals surface area contributed by atoms with Gasteiger partial charge in [0.2, 0.25) is 0 Å². The van der Waals surface area contributed by atoms with Crippen molar-refractivity contribution in [3.63, 3.8) is 0 Å². The number of fused-ring (bicyclic) bond motifs is 1. The number of nitrogens with zero attached hydrogens (tertiary/aromatic N) is 3. The fraction of sp³-hybridized carbons (Fsp3) is 0.353. The van der Waals surface area contributed by atoms with Crippen molar-refractivity contribution >= 4 is 22.7 Å². The van der Waals surface area contributed by atoms with Crippen LogP contribution in [0.5, 0.6) is 0 Å². The van der Waals surface area contributed by atoms with Crippen LogP contribution >= 0.6 is 11.8 Å². The average Bonchev–Trinajstić information content (AvgIpc) is 3.24. The van der Waals surface area contributed by atoms with Crippen molar-refractivity contribution in [3.8, 4) is 0 Å². The van der Waals surface area contributed by atoms with E-state index in [-0.39, 0.29) is 5.56 Å². The molecule has 0 saturated heterocycles. The minimum Gasteiger partial charge on any atom is -0.301 e. The zero-order valence-electron chi connectivity index (χ0n) is 12.7. The van der Waals surface area contributed by atoms with Gasteiger partial charge in [-0.2, -0.15) is 5.10 Å². The third-order valence-corrected chi connectivity index (χ3v) is 5.22. The molecule has 118 valence electrons. The Hall–Kier alpha value is -2.08. The summed E-state index contributed by atoms with van der Waals surface area (Å²) in [6.07, 6.45) is 7.14. The van der Waals surface area contributed by atoms with E-state index in [1.807, 2.05) is 18.2 Å². The minimum absolute atomic E-state index is 0.0883. The summed E-state index contributed by atoms with van der Waals surface area (Å²) in [6, 6.07) is 10.0. The molecule has 4 rings (SSSR count). The van der Waals surface area contributed by atoms with Gasteiger partial charge >= 0.3 is 0 Å². The molecule has 3 aromatic rings. The predicted molar refractivity (Wildman–Crippen MR) is 91.7 cm³/mol. The standard InChI is InChI=1S/C17H18N4OS/c22-16-14-7-3-4-8-15(14)18-17(19-16)23-11-12-9-10-21(20-12)13-5-1-2-6-13/h3-4,7-10,13H,1-2,5-6,11H2,(H,18,19,22). The lowest BCUT2D eigenvalue weighted by molar-refractivity contribution is 0.464. The van der Waals surface area contributed by atoms with E-state index in [4.69, 9.17) is 0 Å². The molecule has 6 heteroatoms. The number of aromatic amines is 1. The van der Waals surface area contributed by atoms with Crippen LogP contribution < -0.4 is 5.56 Å². The molecule has 0 spiro atoms. The monoisotopic (exact) mass is 326 g/mol. The van der Waals surface area contributed by atoms with Crippen LogP contribution in [0.15, 0.2) is 46.5 Å². The highest BCUT2D eigenvalue weighted by Gasteiger charge is 2.17. The number of rotatable bonds is 4. The Morgan fingerprint density at radius 3 is 2.91 bits per heavy atom. The van der Waals surface area contributed by atoms with Gasteiger partial charge in [0.25, 0.3) is 5.56 Å². The molecule has 2 heterocycles. The molecule has 0 amide bonds. The van der Waals surface area contributed by atoms with Crippen molar-refractivity contribution in [2.75, 3.05) is 0 Å². The van der Waals surface area contributed by atoms with Gasteiger partial charge in [-0.3, -0.25) is 9.48 Å². The molecule has 1 saturated carbocycles. The zero-order valence-corrected chi connectivity index (χ0v) is 13.6. The number of para-hydroxylation sites is 1. The number of benzene rings is 1. The summed E-state index contributed by atoms with van der Waals surface area (Å²) in [7, 11) is 0. The van der Waals surface area contributed by atoms with Crippen LogP contribution in [0, 0.1) is 0 Å². The van der Waals surface area contributed by atoms with Crippen molar-refractivity contribution in [1.29, 1.82) is 0 Å². The minimum atomic E-state index is -0.0883. The number of nitrogens with one attached hydrogen (secondary N) is 1.